The van der Waals surface area contributed by atoms with Crippen LogP contribution in [0.5, 0.6) is 0 Å². The van der Waals surface area contributed by atoms with E-state index in [2.05, 4.69) is 22.8 Å². The normalized spacial score (nSPS) is 17.8. The third-order valence-electron chi connectivity index (χ3n) is 6.58. The van der Waals surface area contributed by atoms with Gasteiger partial charge in [-0.1, -0.05) is 61.6 Å². The Balaban J connectivity index is 1.30. The number of esters is 1. The predicted molar refractivity (Wildman–Crippen MR) is 162 cm³/mol. The van der Waals surface area contributed by atoms with Crippen LogP contribution in [0.1, 0.15) is 23.7 Å². The van der Waals surface area contributed by atoms with Crippen molar-refractivity contribution in [1.29, 1.82) is 0 Å². The summed E-state index contributed by atoms with van der Waals surface area (Å²) < 4.78 is 4.84. The number of nitrogens with zero attached hydrogens (tertiary/aromatic N) is 1. The topological polar surface area (TPSA) is 87.7 Å². The van der Waals surface area contributed by atoms with E-state index in [0.717, 1.165) is 15.5 Å². The molecule has 0 fully saturated rings. The molecule has 3 aromatic carbocycles. The van der Waals surface area contributed by atoms with Gasteiger partial charge in [0, 0.05) is 15.5 Å². The van der Waals surface area contributed by atoms with Crippen LogP contribution in [0, 0.1) is 0 Å². The molecule has 9 heteroatoms. The Bertz CT molecular complexity index is 1490. The molecule has 5 rings (SSSR count). The Morgan fingerprint density at radius 3 is 2.58 bits per heavy atom. The van der Waals surface area contributed by atoms with Gasteiger partial charge in [-0.2, -0.15) is 0 Å². The van der Waals surface area contributed by atoms with Crippen LogP contribution in [-0.4, -0.2) is 41.6 Å². The lowest BCUT2D eigenvalue weighted by Gasteiger charge is -2.40. The zero-order valence-corrected chi connectivity index (χ0v) is 23.7. The molecule has 7 nitrogen and oxygen atoms in total. The first-order chi connectivity index (χ1) is 19.5. The smallest absolute Gasteiger partial charge is 0.339 e. The van der Waals surface area contributed by atoms with E-state index in [4.69, 9.17) is 4.74 Å². The van der Waals surface area contributed by atoms with Crippen LogP contribution in [0.25, 0.3) is 0 Å². The summed E-state index contributed by atoms with van der Waals surface area (Å²) in [5, 5.41) is 5.66. The number of nitrogens with one attached hydrogen (secondary N) is 2. The molecule has 3 atom stereocenters. The number of hydrogen-bond acceptors (Lipinski definition) is 6. The number of fused-ring (bicyclic) bond motifs is 2. The highest BCUT2D eigenvalue weighted by molar-refractivity contribution is 8.00. The van der Waals surface area contributed by atoms with Crippen molar-refractivity contribution in [3.63, 3.8) is 0 Å². The van der Waals surface area contributed by atoms with Crippen molar-refractivity contribution in [2.24, 2.45) is 0 Å². The minimum atomic E-state index is -0.513. The Morgan fingerprint density at radius 2 is 1.75 bits per heavy atom. The number of carbonyl (C=O) groups is 3. The van der Waals surface area contributed by atoms with Gasteiger partial charge in [-0.15, -0.1) is 23.5 Å². The fourth-order valence-electron chi connectivity index (χ4n) is 4.64. The molecule has 40 heavy (non-hydrogen) atoms. The van der Waals surface area contributed by atoms with Gasteiger partial charge in [0.1, 0.15) is 0 Å². The molecule has 0 bridgehead atoms. The molecule has 2 aliphatic rings. The van der Waals surface area contributed by atoms with E-state index in [1.165, 1.54) is 18.9 Å². The Kier molecular flexibility index (Phi) is 8.62. The average molecular weight is 572 g/mol. The van der Waals surface area contributed by atoms with Crippen molar-refractivity contribution in [1.82, 2.24) is 0 Å². The van der Waals surface area contributed by atoms with E-state index >= 15 is 0 Å². The number of urea groups is 1. The molecule has 1 aliphatic heterocycles. The molecule has 3 amide bonds. The first-order valence-electron chi connectivity index (χ1n) is 12.9. The van der Waals surface area contributed by atoms with Gasteiger partial charge in [-0.05, 0) is 48.9 Å². The van der Waals surface area contributed by atoms with Gasteiger partial charge < -0.3 is 15.4 Å². The molecule has 204 valence electrons. The predicted octanol–water partition coefficient (Wildman–Crippen LogP) is 6.99. The number of thioether (sulfide) groups is 2. The lowest BCUT2D eigenvalue weighted by molar-refractivity contribution is -0.115. The summed E-state index contributed by atoms with van der Waals surface area (Å²) in [6.45, 7) is 1.93. The van der Waals surface area contributed by atoms with Gasteiger partial charge >= 0.3 is 12.0 Å². The number of ether oxygens (including phenoxy) is 1. The third kappa shape index (κ3) is 5.95. The van der Waals surface area contributed by atoms with Crippen LogP contribution in [0.3, 0.4) is 0 Å². The summed E-state index contributed by atoms with van der Waals surface area (Å²) in [4.78, 5) is 42.6. The SMILES string of the molecule is CCC(Sc1cccc(NC(=O)N2c3ccccc3SC3C=CC=CC32)c1)C(=O)Nc1ccccc1C(=O)OC. The molecular weight excluding hydrogens is 542 g/mol. The van der Waals surface area contributed by atoms with Crippen LogP contribution in [-0.2, 0) is 9.53 Å². The van der Waals surface area contributed by atoms with Gasteiger partial charge in [0.25, 0.3) is 0 Å². The molecule has 0 spiro atoms. The molecular formula is C31H29N3O4S2. The number of anilines is 3. The third-order valence-corrected chi connectivity index (χ3v) is 9.24. The van der Waals surface area contributed by atoms with Gasteiger partial charge in [0.05, 0.1) is 40.6 Å². The number of benzene rings is 3. The van der Waals surface area contributed by atoms with Gasteiger partial charge in [-0.25, -0.2) is 9.59 Å². The molecule has 0 radical (unpaired) electrons. The number of allylic oxidation sites excluding steroid dienone is 2. The zero-order chi connectivity index (χ0) is 28.1. The summed E-state index contributed by atoms with van der Waals surface area (Å²) in [5.74, 6) is -0.732. The van der Waals surface area contributed by atoms with Crippen LogP contribution >= 0.6 is 23.5 Å². The highest BCUT2D eigenvalue weighted by atomic mass is 32.2. The van der Waals surface area contributed by atoms with E-state index in [1.807, 2.05) is 72.5 Å². The van der Waals surface area contributed by atoms with Crippen molar-refractivity contribution in [2.45, 2.75) is 39.7 Å². The molecule has 0 saturated carbocycles. The van der Waals surface area contributed by atoms with E-state index in [9.17, 15) is 14.4 Å². The minimum absolute atomic E-state index is 0.0940. The second-order valence-electron chi connectivity index (χ2n) is 9.18. The quantitative estimate of drug-likeness (QED) is 0.235. The maximum absolute atomic E-state index is 13.6. The first-order valence-corrected chi connectivity index (χ1v) is 14.7. The Labute approximate surface area is 242 Å². The largest absolute Gasteiger partial charge is 0.465 e. The monoisotopic (exact) mass is 571 g/mol. The van der Waals surface area contributed by atoms with Crippen molar-refractivity contribution in [3.8, 4) is 0 Å². The first kappa shape index (κ1) is 27.6. The zero-order valence-electron chi connectivity index (χ0n) is 22.1. The molecule has 1 heterocycles. The second kappa shape index (κ2) is 12.5. The fraction of sp³-hybridized carbons (Fsp3) is 0.194. The number of rotatable bonds is 7. The minimum Gasteiger partial charge on any atom is -0.465 e. The van der Waals surface area contributed by atoms with E-state index < -0.39 is 11.2 Å². The average Bonchev–Trinajstić information content (AvgIpc) is 2.98. The summed E-state index contributed by atoms with van der Waals surface area (Å²) in [6.07, 6.45) is 8.75. The standard InChI is InChI=1S/C31H29N3O4S2/c1-3-26(29(35)33-23-14-5-4-13-22(23)30(36)38-2)39-21-12-10-11-20(19-21)32-31(37)34-24-15-6-8-17-27(24)40-28-18-9-7-16-25(28)34/h4-19,24,26-27H,3H2,1-2H3,(H,32,37)(H,33,35). The van der Waals surface area contributed by atoms with Crippen LogP contribution in [0.2, 0.25) is 0 Å². The highest BCUT2D eigenvalue weighted by Gasteiger charge is 2.36. The maximum atomic E-state index is 13.6. The molecule has 3 aromatic rings. The Hall–Kier alpha value is -3.95. The molecule has 0 saturated heterocycles. The highest BCUT2D eigenvalue weighted by Crippen LogP contribution is 2.43. The van der Waals surface area contributed by atoms with Crippen molar-refractivity contribution >= 4 is 58.5 Å². The molecule has 3 unspecified atom stereocenters. The number of carbonyl (C=O) groups excluding carboxylic acids is 3. The summed E-state index contributed by atoms with van der Waals surface area (Å²) >= 11 is 3.16. The van der Waals surface area contributed by atoms with Gasteiger partial charge in [-0.3, -0.25) is 9.69 Å². The maximum Gasteiger partial charge on any atom is 0.339 e. The van der Waals surface area contributed by atoms with Crippen molar-refractivity contribution in [2.75, 3.05) is 22.6 Å². The summed E-state index contributed by atoms with van der Waals surface area (Å²) in [5.41, 5.74) is 2.23. The van der Waals surface area contributed by atoms with E-state index in [0.29, 0.717) is 23.4 Å². The Morgan fingerprint density at radius 1 is 0.975 bits per heavy atom. The van der Waals surface area contributed by atoms with Crippen molar-refractivity contribution in [3.05, 3.63) is 103 Å². The van der Waals surface area contributed by atoms with E-state index in [1.54, 1.807) is 36.0 Å². The summed E-state index contributed by atoms with van der Waals surface area (Å²) in [7, 11) is 1.31. The van der Waals surface area contributed by atoms with Crippen molar-refractivity contribution < 1.29 is 19.1 Å². The summed E-state index contributed by atoms with van der Waals surface area (Å²) in [6, 6.07) is 21.9. The molecule has 1 aliphatic carbocycles. The number of amides is 3. The second-order valence-corrected chi connectivity index (χ2v) is 11.7. The van der Waals surface area contributed by atoms with E-state index in [-0.39, 0.29) is 23.2 Å². The number of hydrogen-bond donors (Lipinski definition) is 2. The molecule has 0 aromatic heterocycles. The van der Waals surface area contributed by atoms with Crippen LogP contribution < -0.4 is 15.5 Å². The van der Waals surface area contributed by atoms with Gasteiger partial charge in [0.15, 0.2) is 0 Å². The van der Waals surface area contributed by atoms with Gasteiger partial charge in [0.2, 0.25) is 5.91 Å². The fourth-order valence-corrected chi connectivity index (χ4v) is 6.91. The number of para-hydroxylation sites is 2. The van der Waals surface area contributed by atoms with Crippen LogP contribution in [0.4, 0.5) is 21.9 Å². The lowest BCUT2D eigenvalue weighted by atomic mass is 10.1. The number of methoxy groups -OCH3 is 1. The molecule has 2 N–H and O–H groups in total. The van der Waals surface area contributed by atoms with Crippen LogP contribution in [0.15, 0.2) is 107 Å². The lowest BCUT2D eigenvalue weighted by Crippen LogP contribution is -2.49.